The highest BCUT2D eigenvalue weighted by molar-refractivity contribution is 6.00. The van der Waals surface area contributed by atoms with E-state index in [0.717, 1.165) is 17.5 Å². The number of rotatable bonds is 6. The van der Waals surface area contributed by atoms with E-state index >= 15 is 0 Å². The van der Waals surface area contributed by atoms with Gasteiger partial charge >= 0.3 is 0 Å². The molecule has 1 aliphatic heterocycles. The van der Waals surface area contributed by atoms with Gasteiger partial charge in [0.1, 0.15) is 12.3 Å². The summed E-state index contributed by atoms with van der Waals surface area (Å²) in [5.74, 6) is 5.34. The first-order valence-electron chi connectivity index (χ1n) is 7.60. The van der Waals surface area contributed by atoms with Crippen LogP contribution >= 0.6 is 0 Å². The number of nitrogens with two attached hydrogens (primary N) is 1. The Hall–Kier alpha value is -2.25. The summed E-state index contributed by atoms with van der Waals surface area (Å²) < 4.78 is 0. The highest BCUT2D eigenvalue weighted by atomic mass is 16.2. The summed E-state index contributed by atoms with van der Waals surface area (Å²) in [6, 6.07) is 5.10. The van der Waals surface area contributed by atoms with Crippen molar-refractivity contribution in [2.24, 2.45) is 5.84 Å². The van der Waals surface area contributed by atoms with Gasteiger partial charge in [-0.05, 0) is 44.0 Å². The molecule has 0 bridgehead atoms. The fourth-order valence-electron chi connectivity index (χ4n) is 2.59. The van der Waals surface area contributed by atoms with Crippen LogP contribution in [-0.2, 0) is 16.1 Å². The molecule has 1 heterocycles. The van der Waals surface area contributed by atoms with Gasteiger partial charge in [-0.3, -0.25) is 25.5 Å². The third-order valence-electron chi connectivity index (χ3n) is 3.69. The Morgan fingerprint density at radius 1 is 1.43 bits per heavy atom. The van der Waals surface area contributed by atoms with Crippen LogP contribution in [0.2, 0.25) is 0 Å². The number of amides is 2. The molecule has 7 nitrogen and oxygen atoms in total. The maximum Gasteiger partial charge on any atom is 0.245 e. The van der Waals surface area contributed by atoms with Crippen LogP contribution in [0.4, 0.5) is 5.69 Å². The molecule has 0 saturated carbocycles. The summed E-state index contributed by atoms with van der Waals surface area (Å²) in [7, 11) is 0. The standard InChI is InChI=1S/C16H22N4O3/c1-10(2)18-13-4-3-11(9-21)12(7-13)8-20(17)14-5-6-15(22)19-16(14)23/h3-4,7,9-10,14,18H,5-6,8,17H2,1-2H3,(H,19,22,23). The maximum absolute atomic E-state index is 11.9. The molecule has 1 atom stereocenters. The quantitative estimate of drug-likeness (QED) is 0.310. The Morgan fingerprint density at radius 2 is 2.17 bits per heavy atom. The van der Waals surface area contributed by atoms with Gasteiger partial charge in [0.25, 0.3) is 0 Å². The first-order valence-corrected chi connectivity index (χ1v) is 7.60. The zero-order valence-electron chi connectivity index (χ0n) is 13.3. The molecule has 0 aliphatic carbocycles. The van der Waals surface area contributed by atoms with Gasteiger partial charge < -0.3 is 5.32 Å². The second kappa shape index (κ2) is 7.34. The number of anilines is 1. The minimum absolute atomic E-state index is 0.244. The lowest BCUT2D eigenvalue weighted by Crippen LogP contribution is -2.54. The van der Waals surface area contributed by atoms with Crippen LogP contribution < -0.4 is 16.5 Å². The molecular formula is C16H22N4O3. The number of benzene rings is 1. The third-order valence-corrected chi connectivity index (χ3v) is 3.69. The van der Waals surface area contributed by atoms with E-state index < -0.39 is 11.9 Å². The van der Waals surface area contributed by atoms with Crippen molar-refractivity contribution in [3.63, 3.8) is 0 Å². The lowest BCUT2D eigenvalue weighted by atomic mass is 10.0. The molecule has 0 radical (unpaired) electrons. The molecule has 7 heteroatoms. The number of piperidine rings is 1. The van der Waals surface area contributed by atoms with Crippen molar-refractivity contribution in [3.05, 3.63) is 29.3 Å². The molecule has 1 unspecified atom stereocenters. The molecule has 1 fully saturated rings. The maximum atomic E-state index is 11.9. The number of aldehydes is 1. The number of nitrogens with zero attached hydrogens (tertiary/aromatic N) is 1. The Kier molecular flexibility index (Phi) is 5.46. The van der Waals surface area contributed by atoms with Crippen molar-refractivity contribution in [3.8, 4) is 0 Å². The molecule has 1 aliphatic rings. The normalized spacial score (nSPS) is 18.2. The summed E-state index contributed by atoms with van der Waals surface area (Å²) >= 11 is 0. The highest BCUT2D eigenvalue weighted by Gasteiger charge is 2.30. The molecule has 1 saturated heterocycles. The summed E-state index contributed by atoms with van der Waals surface area (Å²) in [5.41, 5.74) is 2.15. The van der Waals surface area contributed by atoms with Crippen LogP contribution in [0.5, 0.6) is 0 Å². The molecule has 2 rings (SSSR count). The smallest absolute Gasteiger partial charge is 0.245 e. The van der Waals surface area contributed by atoms with Crippen LogP contribution in [0.15, 0.2) is 18.2 Å². The van der Waals surface area contributed by atoms with E-state index in [1.807, 2.05) is 26.0 Å². The lowest BCUT2D eigenvalue weighted by molar-refractivity contribution is -0.137. The number of hydrogen-bond acceptors (Lipinski definition) is 6. The van der Waals surface area contributed by atoms with Crippen LogP contribution in [0.3, 0.4) is 0 Å². The van der Waals surface area contributed by atoms with E-state index in [-0.39, 0.29) is 24.9 Å². The topological polar surface area (TPSA) is 105 Å². The van der Waals surface area contributed by atoms with Gasteiger partial charge in [0.2, 0.25) is 11.8 Å². The monoisotopic (exact) mass is 318 g/mol. The van der Waals surface area contributed by atoms with Crippen LogP contribution in [-0.4, -0.2) is 35.2 Å². The van der Waals surface area contributed by atoms with E-state index in [1.54, 1.807) is 6.07 Å². The molecule has 1 aromatic carbocycles. The van der Waals surface area contributed by atoms with Crippen molar-refractivity contribution in [2.45, 2.75) is 45.3 Å². The average Bonchev–Trinajstić information content (AvgIpc) is 2.46. The van der Waals surface area contributed by atoms with Gasteiger partial charge in [0, 0.05) is 30.3 Å². The van der Waals surface area contributed by atoms with Gasteiger partial charge in [-0.2, -0.15) is 0 Å². The first kappa shape index (κ1) is 17.1. The minimum Gasteiger partial charge on any atom is -0.383 e. The van der Waals surface area contributed by atoms with Gasteiger partial charge in [-0.1, -0.05) is 0 Å². The highest BCUT2D eigenvalue weighted by Crippen LogP contribution is 2.19. The van der Waals surface area contributed by atoms with E-state index in [9.17, 15) is 14.4 Å². The van der Waals surface area contributed by atoms with Crippen LogP contribution in [0, 0.1) is 0 Å². The largest absolute Gasteiger partial charge is 0.383 e. The Balaban J connectivity index is 2.15. The fraction of sp³-hybridized carbons (Fsp3) is 0.438. The molecule has 2 amide bonds. The number of carbonyl (C=O) groups excluding carboxylic acids is 3. The van der Waals surface area contributed by atoms with E-state index in [0.29, 0.717) is 12.0 Å². The van der Waals surface area contributed by atoms with E-state index in [2.05, 4.69) is 10.6 Å². The predicted octanol–water partition coefficient (Wildman–Crippen LogP) is 0.800. The summed E-state index contributed by atoms with van der Waals surface area (Å²) in [6.45, 7) is 4.28. The van der Waals surface area contributed by atoms with Crippen molar-refractivity contribution < 1.29 is 14.4 Å². The molecule has 23 heavy (non-hydrogen) atoms. The molecule has 1 aromatic rings. The summed E-state index contributed by atoms with van der Waals surface area (Å²) in [4.78, 5) is 34.3. The fourth-order valence-corrected chi connectivity index (χ4v) is 2.59. The van der Waals surface area contributed by atoms with Crippen LogP contribution in [0.25, 0.3) is 0 Å². The van der Waals surface area contributed by atoms with Crippen molar-refractivity contribution >= 4 is 23.8 Å². The SMILES string of the molecule is CC(C)Nc1ccc(C=O)c(CN(N)C2CCC(=O)NC2=O)c1. The minimum atomic E-state index is -0.575. The van der Waals surface area contributed by atoms with Crippen molar-refractivity contribution in [2.75, 3.05) is 5.32 Å². The zero-order chi connectivity index (χ0) is 17.0. The number of imide groups is 1. The van der Waals surface area contributed by atoms with E-state index in [4.69, 9.17) is 5.84 Å². The van der Waals surface area contributed by atoms with Crippen LogP contribution in [0.1, 0.15) is 42.6 Å². The van der Waals surface area contributed by atoms with Gasteiger partial charge in [0.15, 0.2) is 0 Å². The Morgan fingerprint density at radius 3 is 2.78 bits per heavy atom. The average molecular weight is 318 g/mol. The van der Waals surface area contributed by atoms with Gasteiger partial charge in [-0.25, -0.2) is 5.01 Å². The molecule has 124 valence electrons. The number of nitrogens with one attached hydrogen (secondary N) is 2. The third kappa shape index (κ3) is 4.37. The Labute approximate surface area is 135 Å². The van der Waals surface area contributed by atoms with E-state index in [1.165, 1.54) is 5.01 Å². The van der Waals surface area contributed by atoms with Crippen molar-refractivity contribution in [1.29, 1.82) is 0 Å². The zero-order valence-corrected chi connectivity index (χ0v) is 13.3. The summed E-state index contributed by atoms with van der Waals surface area (Å²) in [6.07, 6.45) is 1.41. The number of hydrogen-bond donors (Lipinski definition) is 3. The van der Waals surface area contributed by atoms with Crippen molar-refractivity contribution in [1.82, 2.24) is 10.3 Å². The molecular weight excluding hydrogens is 296 g/mol. The Bertz CT molecular complexity index is 615. The molecule has 4 N–H and O–H groups in total. The number of hydrazine groups is 1. The molecule has 0 spiro atoms. The second-order valence-electron chi connectivity index (χ2n) is 5.97. The summed E-state index contributed by atoms with van der Waals surface area (Å²) in [5, 5.41) is 6.92. The second-order valence-corrected chi connectivity index (χ2v) is 5.97. The van der Waals surface area contributed by atoms with Gasteiger partial charge in [-0.15, -0.1) is 0 Å². The molecule has 0 aromatic heterocycles. The predicted molar refractivity (Wildman–Crippen MR) is 86.5 cm³/mol. The van der Waals surface area contributed by atoms with Gasteiger partial charge in [0.05, 0.1) is 0 Å². The first-order chi connectivity index (χ1) is 10.9. The number of carbonyl (C=O) groups is 3. The lowest BCUT2D eigenvalue weighted by Gasteiger charge is -2.29.